The van der Waals surface area contributed by atoms with E-state index in [-0.39, 0.29) is 5.56 Å². The van der Waals surface area contributed by atoms with Gasteiger partial charge in [0, 0.05) is 21.2 Å². The zero-order chi connectivity index (χ0) is 25.9. The average molecular weight is 537 g/mol. The van der Waals surface area contributed by atoms with Crippen molar-refractivity contribution in [3.05, 3.63) is 87.9 Å². The highest BCUT2D eigenvalue weighted by molar-refractivity contribution is 8.00. The van der Waals surface area contributed by atoms with Crippen LogP contribution in [0.25, 0.3) is 0 Å². The van der Waals surface area contributed by atoms with E-state index in [2.05, 4.69) is 5.32 Å². The predicted molar refractivity (Wildman–Crippen MR) is 116 cm³/mol. The number of carbonyl (C=O) groups excluding carboxylic acids is 2. The van der Waals surface area contributed by atoms with Crippen molar-refractivity contribution in [1.82, 2.24) is 0 Å². The molecule has 0 unspecified atom stereocenters. The number of benzene rings is 3. The van der Waals surface area contributed by atoms with Gasteiger partial charge in [-0.05, 0) is 36.4 Å². The number of halogens is 8. The van der Waals surface area contributed by atoms with Gasteiger partial charge in [-0.1, -0.05) is 23.7 Å². The van der Waals surface area contributed by atoms with Gasteiger partial charge in [-0.3, -0.25) is 9.59 Å². The first-order valence-electron chi connectivity index (χ1n) is 9.41. The first kappa shape index (κ1) is 26.4. The quantitative estimate of drug-likeness (QED) is 0.205. The van der Waals surface area contributed by atoms with Crippen LogP contribution in [0.3, 0.4) is 0 Å². The lowest BCUT2D eigenvalue weighted by Gasteiger charge is -2.14. The number of anilines is 2. The normalized spacial score (nSPS) is 11.3. The van der Waals surface area contributed by atoms with Gasteiger partial charge in [-0.15, -0.1) is 11.8 Å². The van der Waals surface area contributed by atoms with E-state index >= 15 is 0 Å². The molecule has 13 heteroatoms. The Morgan fingerprint density at radius 1 is 0.857 bits per heavy atom. The standard InChI is InChI=1S/C22H12ClF7N2O2S/c23-11-4-1-3-10(7-11)21(34)31-12-5-2-6-13(8-12)35-9-14(33)32-20-18(26)16(24)15(22(28,29)30)17(25)19(20)27/h1-8H,9H2,(H,31,34)(H,32,33). The van der Waals surface area contributed by atoms with Crippen molar-refractivity contribution in [2.24, 2.45) is 0 Å². The maximum absolute atomic E-state index is 13.9. The van der Waals surface area contributed by atoms with Crippen molar-refractivity contribution < 1.29 is 40.3 Å². The maximum Gasteiger partial charge on any atom is 0.422 e. The molecule has 35 heavy (non-hydrogen) atoms. The number of alkyl halides is 3. The van der Waals surface area contributed by atoms with Crippen LogP contribution in [-0.2, 0) is 11.0 Å². The van der Waals surface area contributed by atoms with Gasteiger partial charge >= 0.3 is 6.18 Å². The van der Waals surface area contributed by atoms with E-state index in [9.17, 15) is 40.3 Å². The highest BCUT2D eigenvalue weighted by atomic mass is 35.5. The smallest absolute Gasteiger partial charge is 0.322 e. The fraction of sp³-hybridized carbons (Fsp3) is 0.0909. The summed E-state index contributed by atoms with van der Waals surface area (Å²) in [5.41, 5.74) is -3.79. The molecule has 4 nitrogen and oxygen atoms in total. The molecular formula is C22H12ClF7N2O2S. The van der Waals surface area contributed by atoms with Gasteiger partial charge < -0.3 is 10.6 Å². The van der Waals surface area contributed by atoms with Gasteiger partial charge in [0.2, 0.25) is 5.91 Å². The van der Waals surface area contributed by atoms with Gasteiger partial charge in [0.25, 0.3) is 5.91 Å². The summed E-state index contributed by atoms with van der Waals surface area (Å²) in [6.45, 7) is 0. The Morgan fingerprint density at radius 2 is 1.49 bits per heavy atom. The molecule has 0 aliphatic carbocycles. The molecule has 184 valence electrons. The van der Waals surface area contributed by atoms with Crippen molar-refractivity contribution in [3.63, 3.8) is 0 Å². The van der Waals surface area contributed by atoms with Gasteiger partial charge in [0.1, 0.15) is 11.3 Å². The Bertz CT molecular complexity index is 1270. The molecule has 0 spiro atoms. The molecule has 3 aromatic rings. The fourth-order valence-electron chi connectivity index (χ4n) is 2.81. The maximum atomic E-state index is 13.9. The Labute approximate surface area is 202 Å². The van der Waals surface area contributed by atoms with Crippen LogP contribution in [0.4, 0.5) is 42.1 Å². The summed E-state index contributed by atoms with van der Waals surface area (Å²) in [6, 6.07) is 12.2. The van der Waals surface area contributed by atoms with E-state index in [1.807, 2.05) is 0 Å². The molecule has 0 saturated heterocycles. The first-order valence-corrected chi connectivity index (χ1v) is 10.8. The van der Waals surface area contributed by atoms with E-state index in [0.29, 0.717) is 15.6 Å². The summed E-state index contributed by atoms with van der Waals surface area (Å²) in [6.07, 6.45) is -5.69. The summed E-state index contributed by atoms with van der Waals surface area (Å²) in [5.74, 6) is -12.3. The monoisotopic (exact) mass is 536 g/mol. The van der Waals surface area contributed by atoms with Crippen LogP contribution in [0.15, 0.2) is 53.4 Å². The Balaban J connectivity index is 1.68. The van der Waals surface area contributed by atoms with E-state index in [4.69, 9.17) is 11.6 Å². The predicted octanol–water partition coefficient (Wildman–Crippen LogP) is 6.90. The Kier molecular flexibility index (Phi) is 7.96. The fourth-order valence-corrected chi connectivity index (χ4v) is 3.76. The minimum atomic E-state index is -5.69. The van der Waals surface area contributed by atoms with Gasteiger partial charge in [0.15, 0.2) is 23.3 Å². The molecule has 0 heterocycles. The number of hydrogen-bond acceptors (Lipinski definition) is 3. The highest BCUT2D eigenvalue weighted by Gasteiger charge is 2.42. The lowest BCUT2D eigenvalue weighted by Crippen LogP contribution is -2.21. The van der Waals surface area contributed by atoms with Crippen LogP contribution < -0.4 is 10.6 Å². The molecule has 0 aliphatic rings. The molecule has 0 radical (unpaired) electrons. The topological polar surface area (TPSA) is 58.2 Å². The van der Waals surface area contributed by atoms with Crippen molar-refractivity contribution in [2.45, 2.75) is 11.1 Å². The van der Waals surface area contributed by atoms with E-state index in [1.165, 1.54) is 30.3 Å². The van der Waals surface area contributed by atoms with Crippen molar-refractivity contribution in [2.75, 3.05) is 16.4 Å². The van der Waals surface area contributed by atoms with Crippen LogP contribution in [-0.4, -0.2) is 17.6 Å². The third-order valence-electron chi connectivity index (χ3n) is 4.36. The number of amides is 2. The van der Waals surface area contributed by atoms with Crippen LogP contribution in [0.1, 0.15) is 15.9 Å². The van der Waals surface area contributed by atoms with Crippen LogP contribution in [0, 0.1) is 23.3 Å². The lowest BCUT2D eigenvalue weighted by molar-refractivity contribution is -0.143. The van der Waals surface area contributed by atoms with Gasteiger partial charge in [-0.25, -0.2) is 17.6 Å². The molecule has 3 aromatic carbocycles. The molecule has 2 amide bonds. The second-order valence-electron chi connectivity index (χ2n) is 6.83. The molecule has 0 atom stereocenters. The number of thioether (sulfide) groups is 1. The third kappa shape index (κ3) is 6.25. The minimum absolute atomic E-state index is 0.287. The number of hydrogen-bond donors (Lipinski definition) is 2. The largest absolute Gasteiger partial charge is 0.422 e. The van der Waals surface area contributed by atoms with Crippen LogP contribution in [0.5, 0.6) is 0 Å². The number of carbonyl (C=O) groups is 2. The summed E-state index contributed by atoms with van der Waals surface area (Å²) in [5, 5.41) is 4.51. The van der Waals surface area contributed by atoms with E-state index in [1.54, 1.807) is 23.5 Å². The second-order valence-corrected chi connectivity index (χ2v) is 8.32. The van der Waals surface area contributed by atoms with E-state index < -0.39 is 58.3 Å². The minimum Gasteiger partial charge on any atom is -0.322 e. The third-order valence-corrected chi connectivity index (χ3v) is 5.59. The molecule has 0 saturated carbocycles. The highest BCUT2D eigenvalue weighted by Crippen LogP contribution is 2.38. The average Bonchev–Trinajstić information content (AvgIpc) is 2.78. The zero-order valence-electron chi connectivity index (χ0n) is 17.1. The molecule has 0 aliphatic heterocycles. The summed E-state index contributed by atoms with van der Waals surface area (Å²) >= 11 is 6.67. The Morgan fingerprint density at radius 3 is 2.09 bits per heavy atom. The SMILES string of the molecule is O=C(CSc1cccc(NC(=O)c2cccc(Cl)c2)c1)Nc1c(F)c(F)c(C(F)(F)F)c(F)c1F. The molecule has 2 N–H and O–H groups in total. The van der Waals surface area contributed by atoms with Crippen LogP contribution in [0.2, 0.25) is 5.02 Å². The van der Waals surface area contributed by atoms with Crippen molar-refractivity contribution in [1.29, 1.82) is 0 Å². The first-order chi connectivity index (χ1) is 16.4. The van der Waals surface area contributed by atoms with Gasteiger partial charge in [0.05, 0.1) is 5.75 Å². The summed E-state index contributed by atoms with van der Waals surface area (Å²) in [4.78, 5) is 24.8. The lowest BCUT2D eigenvalue weighted by atomic mass is 10.1. The molecule has 0 aromatic heterocycles. The van der Waals surface area contributed by atoms with Crippen molar-refractivity contribution >= 4 is 46.6 Å². The molecular weight excluding hydrogens is 525 g/mol. The number of nitrogens with one attached hydrogen (secondary N) is 2. The molecule has 0 bridgehead atoms. The summed E-state index contributed by atoms with van der Waals surface area (Å²) < 4.78 is 93.3. The molecule has 0 fully saturated rings. The van der Waals surface area contributed by atoms with Gasteiger partial charge in [-0.2, -0.15) is 13.2 Å². The molecule has 3 rings (SSSR count). The zero-order valence-corrected chi connectivity index (χ0v) is 18.6. The number of rotatable bonds is 6. The van der Waals surface area contributed by atoms with Crippen LogP contribution >= 0.6 is 23.4 Å². The Hall–Kier alpha value is -3.25. The van der Waals surface area contributed by atoms with Crippen molar-refractivity contribution in [3.8, 4) is 0 Å². The summed E-state index contributed by atoms with van der Waals surface area (Å²) in [7, 11) is 0. The van der Waals surface area contributed by atoms with E-state index in [0.717, 1.165) is 11.8 Å². The second kappa shape index (κ2) is 10.6.